The van der Waals surface area contributed by atoms with Gasteiger partial charge in [0.05, 0.1) is 39.6 Å². The van der Waals surface area contributed by atoms with E-state index in [4.69, 9.17) is 18.9 Å². The first kappa shape index (κ1) is 15.9. The topological polar surface area (TPSA) is 49.0 Å². The van der Waals surface area contributed by atoms with Gasteiger partial charge in [-0.3, -0.25) is 0 Å². The van der Waals surface area contributed by atoms with Crippen molar-refractivity contribution in [2.75, 3.05) is 65.9 Å². The van der Waals surface area contributed by atoms with E-state index < -0.39 is 0 Å². The standard InChI is InChI=1S/C13H27NO4/c1-2-6-15-8-4-14-5-9-17-11-13-18-12-10-16-7-3-1/h14H,1-13H2. The first-order valence-electron chi connectivity index (χ1n) is 7.02. The van der Waals surface area contributed by atoms with Crippen molar-refractivity contribution in [1.82, 2.24) is 5.32 Å². The van der Waals surface area contributed by atoms with Crippen LogP contribution in [0.1, 0.15) is 19.3 Å². The van der Waals surface area contributed by atoms with E-state index in [0.29, 0.717) is 26.4 Å². The molecule has 0 saturated carbocycles. The summed E-state index contributed by atoms with van der Waals surface area (Å²) in [4.78, 5) is 0. The number of rotatable bonds is 0. The van der Waals surface area contributed by atoms with Crippen LogP contribution in [-0.4, -0.2) is 65.9 Å². The Balaban J connectivity index is 2.00. The zero-order valence-electron chi connectivity index (χ0n) is 11.3. The lowest BCUT2D eigenvalue weighted by atomic mass is 10.2. The Labute approximate surface area is 110 Å². The molecule has 1 aliphatic rings. The minimum Gasteiger partial charge on any atom is -0.380 e. The van der Waals surface area contributed by atoms with Crippen molar-refractivity contribution in [3.05, 3.63) is 0 Å². The molecule has 1 fully saturated rings. The fourth-order valence-corrected chi connectivity index (χ4v) is 1.64. The van der Waals surface area contributed by atoms with E-state index in [2.05, 4.69) is 5.32 Å². The number of nitrogens with one attached hydrogen (secondary N) is 1. The zero-order valence-corrected chi connectivity index (χ0v) is 11.3. The third-order valence-corrected chi connectivity index (χ3v) is 2.67. The summed E-state index contributed by atoms with van der Waals surface area (Å²) in [6.07, 6.45) is 3.38. The van der Waals surface area contributed by atoms with Gasteiger partial charge in [0.25, 0.3) is 0 Å². The lowest BCUT2D eigenvalue weighted by Gasteiger charge is -2.09. The largest absolute Gasteiger partial charge is 0.380 e. The molecule has 5 heteroatoms. The first-order valence-corrected chi connectivity index (χ1v) is 7.02. The number of ether oxygens (including phenoxy) is 4. The molecular formula is C13H27NO4. The molecule has 0 aromatic rings. The highest BCUT2D eigenvalue weighted by Gasteiger charge is 1.95. The van der Waals surface area contributed by atoms with Crippen molar-refractivity contribution >= 4 is 0 Å². The molecule has 1 N–H and O–H groups in total. The van der Waals surface area contributed by atoms with Crippen LogP contribution in [0.5, 0.6) is 0 Å². The van der Waals surface area contributed by atoms with Crippen LogP contribution in [0.3, 0.4) is 0 Å². The maximum atomic E-state index is 5.51. The molecule has 0 amide bonds. The van der Waals surface area contributed by atoms with Crippen LogP contribution in [0.4, 0.5) is 0 Å². The third kappa shape index (κ3) is 10.9. The van der Waals surface area contributed by atoms with Crippen LogP contribution in [0.25, 0.3) is 0 Å². The summed E-state index contributed by atoms with van der Waals surface area (Å²) < 4.78 is 21.8. The molecule has 1 aliphatic heterocycles. The molecule has 5 nitrogen and oxygen atoms in total. The van der Waals surface area contributed by atoms with Gasteiger partial charge >= 0.3 is 0 Å². The van der Waals surface area contributed by atoms with Crippen LogP contribution < -0.4 is 5.32 Å². The average Bonchev–Trinajstić information content (AvgIpc) is 2.39. The summed E-state index contributed by atoms with van der Waals surface area (Å²) in [7, 11) is 0. The van der Waals surface area contributed by atoms with E-state index in [1.165, 1.54) is 6.42 Å². The molecule has 0 atom stereocenters. The molecule has 1 heterocycles. The van der Waals surface area contributed by atoms with Gasteiger partial charge in [0.2, 0.25) is 0 Å². The van der Waals surface area contributed by atoms with Crippen molar-refractivity contribution in [3.63, 3.8) is 0 Å². The Morgan fingerprint density at radius 1 is 0.444 bits per heavy atom. The first-order chi connectivity index (χ1) is 9.00. The molecule has 0 radical (unpaired) electrons. The quantitative estimate of drug-likeness (QED) is 0.700. The maximum absolute atomic E-state index is 5.51. The summed E-state index contributed by atoms with van der Waals surface area (Å²) in [5.74, 6) is 0. The number of hydrogen-bond donors (Lipinski definition) is 1. The number of hydrogen-bond acceptors (Lipinski definition) is 5. The van der Waals surface area contributed by atoms with Gasteiger partial charge in [-0.05, 0) is 19.3 Å². The van der Waals surface area contributed by atoms with Crippen LogP contribution in [0, 0.1) is 0 Å². The SMILES string of the molecule is C1CCOCCNCCOCCOCCOCC1. The third-order valence-electron chi connectivity index (χ3n) is 2.67. The van der Waals surface area contributed by atoms with Crippen molar-refractivity contribution in [3.8, 4) is 0 Å². The molecule has 0 aromatic carbocycles. The van der Waals surface area contributed by atoms with Gasteiger partial charge < -0.3 is 24.3 Å². The van der Waals surface area contributed by atoms with Crippen LogP contribution >= 0.6 is 0 Å². The van der Waals surface area contributed by atoms with Crippen molar-refractivity contribution in [2.45, 2.75) is 19.3 Å². The normalized spacial score (nSPS) is 24.0. The van der Waals surface area contributed by atoms with Crippen molar-refractivity contribution in [1.29, 1.82) is 0 Å². The highest BCUT2D eigenvalue weighted by atomic mass is 16.5. The van der Waals surface area contributed by atoms with E-state index in [9.17, 15) is 0 Å². The minimum atomic E-state index is 0.645. The lowest BCUT2D eigenvalue weighted by molar-refractivity contribution is 0.0134. The molecule has 1 saturated heterocycles. The predicted octanol–water partition coefficient (Wildman–Crippen LogP) is 0.826. The highest BCUT2D eigenvalue weighted by Crippen LogP contribution is 1.96. The van der Waals surface area contributed by atoms with E-state index in [0.717, 1.165) is 52.4 Å². The second kappa shape index (κ2) is 13.2. The molecule has 0 spiro atoms. The Kier molecular flexibility index (Phi) is 11.7. The Hall–Kier alpha value is -0.200. The fraction of sp³-hybridized carbons (Fsp3) is 1.00. The Morgan fingerprint density at radius 2 is 0.889 bits per heavy atom. The molecule has 0 unspecified atom stereocenters. The van der Waals surface area contributed by atoms with Gasteiger partial charge in [-0.2, -0.15) is 0 Å². The smallest absolute Gasteiger partial charge is 0.0701 e. The van der Waals surface area contributed by atoms with Gasteiger partial charge in [-0.25, -0.2) is 0 Å². The van der Waals surface area contributed by atoms with Crippen LogP contribution in [-0.2, 0) is 18.9 Å². The van der Waals surface area contributed by atoms with Gasteiger partial charge in [0.1, 0.15) is 0 Å². The van der Waals surface area contributed by atoms with Gasteiger partial charge in [-0.1, -0.05) is 0 Å². The molecular weight excluding hydrogens is 234 g/mol. The van der Waals surface area contributed by atoms with E-state index >= 15 is 0 Å². The summed E-state index contributed by atoms with van der Waals surface area (Å²) in [5.41, 5.74) is 0. The summed E-state index contributed by atoms with van der Waals surface area (Å²) in [5, 5.41) is 3.28. The van der Waals surface area contributed by atoms with E-state index in [1.807, 2.05) is 0 Å². The summed E-state index contributed by atoms with van der Waals surface area (Å²) >= 11 is 0. The lowest BCUT2D eigenvalue weighted by Crippen LogP contribution is -2.24. The molecule has 18 heavy (non-hydrogen) atoms. The second-order valence-electron chi connectivity index (χ2n) is 4.26. The van der Waals surface area contributed by atoms with Gasteiger partial charge in [0.15, 0.2) is 0 Å². The maximum Gasteiger partial charge on any atom is 0.0701 e. The van der Waals surface area contributed by atoms with Crippen molar-refractivity contribution in [2.24, 2.45) is 0 Å². The second-order valence-corrected chi connectivity index (χ2v) is 4.26. The van der Waals surface area contributed by atoms with E-state index in [1.54, 1.807) is 0 Å². The monoisotopic (exact) mass is 261 g/mol. The molecule has 0 aromatic heterocycles. The molecule has 0 aliphatic carbocycles. The molecule has 1 rings (SSSR count). The summed E-state index contributed by atoms with van der Waals surface area (Å²) in [6, 6.07) is 0. The summed E-state index contributed by atoms with van der Waals surface area (Å²) in [6.45, 7) is 7.56. The van der Waals surface area contributed by atoms with Crippen LogP contribution in [0.2, 0.25) is 0 Å². The van der Waals surface area contributed by atoms with Gasteiger partial charge in [-0.15, -0.1) is 0 Å². The highest BCUT2D eigenvalue weighted by molar-refractivity contribution is 4.47. The Morgan fingerprint density at radius 3 is 1.50 bits per heavy atom. The van der Waals surface area contributed by atoms with E-state index in [-0.39, 0.29) is 0 Å². The Bertz CT molecular complexity index is 94.0. The minimum absolute atomic E-state index is 0.645. The average molecular weight is 261 g/mol. The zero-order chi connectivity index (χ0) is 12.7. The van der Waals surface area contributed by atoms with Gasteiger partial charge in [0, 0.05) is 26.3 Å². The fourth-order valence-electron chi connectivity index (χ4n) is 1.64. The molecule has 0 bridgehead atoms. The van der Waals surface area contributed by atoms with Crippen molar-refractivity contribution < 1.29 is 18.9 Å². The predicted molar refractivity (Wildman–Crippen MR) is 70.0 cm³/mol. The van der Waals surface area contributed by atoms with Crippen LogP contribution in [0.15, 0.2) is 0 Å². The molecule has 108 valence electrons.